The zero-order valence-electron chi connectivity index (χ0n) is 13.3. The third-order valence-corrected chi connectivity index (χ3v) is 3.06. The summed E-state index contributed by atoms with van der Waals surface area (Å²) in [4.78, 5) is 2.12. The molecule has 0 aliphatic carbocycles. The van der Waals surface area contributed by atoms with Crippen LogP contribution in [0.15, 0.2) is 24.3 Å². The van der Waals surface area contributed by atoms with E-state index in [2.05, 4.69) is 34.1 Å². The van der Waals surface area contributed by atoms with Crippen molar-refractivity contribution in [1.82, 2.24) is 10.2 Å². The SMILES string of the molecule is CN(C)CC(C)(C)CNC(=S)Nc1ccc(OC(F)F)cc1. The van der Waals surface area contributed by atoms with E-state index >= 15 is 0 Å². The lowest BCUT2D eigenvalue weighted by molar-refractivity contribution is -0.0498. The van der Waals surface area contributed by atoms with E-state index < -0.39 is 6.61 Å². The first-order valence-corrected chi connectivity index (χ1v) is 7.33. The van der Waals surface area contributed by atoms with Crippen LogP contribution in [-0.2, 0) is 0 Å². The lowest BCUT2D eigenvalue weighted by Gasteiger charge is -2.29. The zero-order valence-corrected chi connectivity index (χ0v) is 14.1. The molecule has 0 aromatic heterocycles. The van der Waals surface area contributed by atoms with E-state index in [9.17, 15) is 8.78 Å². The van der Waals surface area contributed by atoms with Gasteiger partial charge >= 0.3 is 6.61 Å². The highest BCUT2D eigenvalue weighted by atomic mass is 32.1. The fourth-order valence-corrected chi connectivity index (χ4v) is 2.32. The summed E-state index contributed by atoms with van der Waals surface area (Å²) in [5.74, 6) is 0.117. The molecule has 0 fully saturated rings. The number of rotatable bonds is 7. The molecule has 1 aromatic carbocycles. The van der Waals surface area contributed by atoms with Gasteiger partial charge in [-0.2, -0.15) is 8.78 Å². The van der Waals surface area contributed by atoms with Crippen LogP contribution >= 0.6 is 12.2 Å². The summed E-state index contributed by atoms with van der Waals surface area (Å²) in [7, 11) is 4.06. The molecule has 0 unspecified atom stereocenters. The largest absolute Gasteiger partial charge is 0.435 e. The van der Waals surface area contributed by atoms with Crippen molar-refractivity contribution in [3.8, 4) is 5.75 Å². The van der Waals surface area contributed by atoms with E-state index in [-0.39, 0.29) is 11.2 Å². The minimum Gasteiger partial charge on any atom is -0.435 e. The Morgan fingerprint density at radius 2 is 1.86 bits per heavy atom. The molecule has 1 rings (SSSR count). The van der Waals surface area contributed by atoms with Crippen molar-refractivity contribution in [2.24, 2.45) is 5.41 Å². The molecule has 0 saturated heterocycles. The fourth-order valence-electron chi connectivity index (χ4n) is 2.13. The normalized spacial score (nSPS) is 11.6. The maximum Gasteiger partial charge on any atom is 0.387 e. The summed E-state index contributed by atoms with van der Waals surface area (Å²) in [6.45, 7) is 3.14. The summed E-state index contributed by atoms with van der Waals surface area (Å²) in [6.07, 6.45) is 0. The second-order valence-corrected chi connectivity index (χ2v) is 6.52. The van der Waals surface area contributed by atoms with Gasteiger partial charge in [-0.05, 0) is 56.0 Å². The van der Waals surface area contributed by atoms with Gasteiger partial charge < -0.3 is 20.3 Å². The first-order chi connectivity index (χ1) is 10.2. The Labute approximate surface area is 135 Å². The number of ether oxygens (including phenoxy) is 1. The molecule has 4 nitrogen and oxygen atoms in total. The Kier molecular flexibility index (Phi) is 6.96. The van der Waals surface area contributed by atoms with Crippen LogP contribution in [-0.4, -0.2) is 43.8 Å². The van der Waals surface area contributed by atoms with Gasteiger partial charge in [0.2, 0.25) is 0 Å². The lowest BCUT2D eigenvalue weighted by atomic mass is 9.93. The average molecular weight is 331 g/mol. The number of nitrogens with zero attached hydrogens (tertiary/aromatic N) is 1. The molecule has 0 heterocycles. The molecule has 124 valence electrons. The molecular weight excluding hydrogens is 308 g/mol. The second-order valence-electron chi connectivity index (χ2n) is 6.11. The molecule has 0 saturated carbocycles. The topological polar surface area (TPSA) is 36.5 Å². The second kappa shape index (κ2) is 8.24. The molecule has 0 aliphatic heterocycles. The maximum atomic E-state index is 12.1. The molecular formula is C15H23F2N3OS. The van der Waals surface area contributed by atoms with Crippen molar-refractivity contribution < 1.29 is 13.5 Å². The van der Waals surface area contributed by atoms with E-state index in [1.165, 1.54) is 12.1 Å². The first-order valence-electron chi connectivity index (χ1n) is 6.92. The first kappa shape index (κ1) is 18.6. The summed E-state index contributed by atoms with van der Waals surface area (Å²) >= 11 is 5.23. The summed E-state index contributed by atoms with van der Waals surface area (Å²) < 4.78 is 28.4. The Morgan fingerprint density at radius 3 is 2.36 bits per heavy atom. The molecule has 0 spiro atoms. The molecule has 0 bridgehead atoms. The van der Waals surface area contributed by atoms with Gasteiger partial charge in [-0.15, -0.1) is 0 Å². The predicted molar refractivity (Wildman–Crippen MR) is 89.6 cm³/mol. The van der Waals surface area contributed by atoms with Crippen molar-refractivity contribution in [3.63, 3.8) is 0 Å². The molecule has 0 aliphatic rings. The smallest absolute Gasteiger partial charge is 0.387 e. The van der Waals surface area contributed by atoms with Crippen LogP contribution in [0.4, 0.5) is 14.5 Å². The summed E-state index contributed by atoms with van der Waals surface area (Å²) in [5, 5.41) is 6.67. The van der Waals surface area contributed by atoms with Gasteiger partial charge in [0, 0.05) is 18.8 Å². The van der Waals surface area contributed by atoms with E-state index in [0.29, 0.717) is 10.8 Å². The van der Waals surface area contributed by atoms with Crippen molar-refractivity contribution in [1.29, 1.82) is 0 Å². The Bertz CT molecular complexity index is 478. The standard InChI is InChI=1S/C15H23F2N3OS/c1-15(2,10-20(3)4)9-18-14(22)19-11-5-7-12(8-6-11)21-13(16)17/h5-8,13H,9-10H2,1-4H3,(H2,18,19,22). The minimum absolute atomic E-state index is 0.0736. The van der Waals surface area contributed by atoms with Gasteiger partial charge in [-0.3, -0.25) is 0 Å². The highest BCUT2D eigenvalue weighted by Gasteiger charge is 2.18. The number of anilines is 1. The molecule has 1 aromatic rings. The van der Waals surface area contributed by atoms with Gasteiger partial charge in [0.1, 0.15) is 5.75 Å². The number of hydrogen-bond acceptors (Lipinski definition) is 3. The van der Waals surface area contributed by atoms with E-state index in [0.717, 1.165) is 13.1 Å². The highest BCUT2D eigenvalue weighted by Crippen LogP contribution is 2.18. The van der Waals surface area contributed by atoms with E-state index in [4.69, 9.17) is 12.2 Å². The summed E-state index contributed by atoms with van der Waals surface area (Å²) in [6, 6.07) is 6.20. The molecule has 0 atom stereocenters. The Morgan fingerprint density at radius 1 is 1.27 bits per heavy atom. The van der Waals surface area contributed by atoms with E-state index in [1.54, 1.807) is 12.1 Å². The van der Waals surface area contributed by atoms with Crippen LogP contribution in [0.2, 0.25) is 0 Å². The summed E-state index contributed by atoms with van der Waals surface area (Å²) in [5.41, 5.74) is 0.786. The van der Waals surface area contributed by atoms with Crippen molar-refractivity contribution in [3.05, 3.63) is 24.3 Å². The van der Waals surface area contributed by atoms with Gasteiger partial charge in [-0.25, -0.2) is 0 Å². The van der Waals surface area contributed by atoms with Crippen LogP contribution < -0.4 is 15.4 Å². The van der Waals surface area contributed by atoms with Gasteiger partial charge in [0.25, 0.3) is 0 Å². The zero-order chi connectivity index (χ0) is 16.8. The number of benzene rings is 1. The highest BCUT2D eigenvalue weighted by molar-refractivity contribution is 7.80. The molecule has 7 heteroatoms. The van der Waals surface area contributed by atoms with Crippen LogP contribution in [0.1, 0.15) is 13.8 Å². The van der Waals surface area contributed by atoms with Gasteiger partial charge in [0.15, 0.2) is 5.11 Å². The fraction of sp³-hybridized carbons (Fsp3) is 0.533. The number of hydrogen-bond donors (Lipinski definition) is 2. The number of alkyl halides is 2. The molecule has 2 N–H and O–H groups in total. The third kappa shape index (κ3) is 7.51. The molecule has 22 heavy (non-hydrogen) atoms. The van der Waals surface area contributed by atoms with Gasteiger partial charge in [-0.1, -0.05) is 13.8 Å². The van der Waals surface area contributed by atoms with Gasteiger partial charge in [0.05, 0.1) is 0 Å². The Hall–Kier alpha value is -1.47. The Balaban J connectivity index is 2.45. The van der Waals surface area contributed by atoms with Crippen LogP contribution in [0.25, 0.3) is 0 Å². The van der Waals surface area contributed by atoms with Crippen molar-refractivity contribution in [2.75, 3.05) is 32.5 Å². The molecule has 0 radical (unpaired) electrons. The maximum absolute atomic E-state index is 12.1. The quantitative estimate of drug-likeness (QED) is 0.751. The van der Waals surface area contributed by atoms with Crippen LogP contribution in [0, 0.1) is 5.41 Å². The van der Waals surface area contributed by atoms with Crippen molar-refractivity contribution in [2.45, 2.75) is 20.5 Å². The van der Waals surface area contributed by atoms with Crippen LogP contribution in [0.5, 0.6) is 5.75 Å². The monoisotopic (exact) mass is 331 g/mol. The number of nitrogens with one attached hydrogen (secondary N) is 2. The van der Waals surface area contributed by atoms with Crippen LogP contribution in [0.3, 0.4) is 0 Å². The lowest BCUT2D eigenvalue weighted by Crippen LogP contribution is -2.41. The van der Waals surface area contributed by atoms with Crippen molar-refractivity contribution >= 4 is 23.0 Å². The molecule has 0 amide bonds. The minimum atomic E-state index is -2.82. The number of halogens is 2. The third-order valence-electron chi connectivity index (χ3n) is 2.81. The van der Waals surface area contributed by atoms with E-state index in [1.807, 2.05) is 14.1 Å². The average Bonchev–Trinajstić information content (AvgIpc) is 2.37. The number of thiocarbonyl (C=S) groups is 1. The predicted octanol–water partition coefficient (Wildman–Crippen LogP) is 3.16.